The Hall–Kier alpha value is -1.06. The SMILES string of the molecule is CC[C@H](C(=O)O)N(C)C(C)=O. The van der Waals surface area contributed by atoms with E-state index in [1.165, 1.54) is 18.9 Å². The Bertz CT molecular complexity index is 167. The lowest BCUT2D eigenvalue weighted by Gasteiger charge is -2.21. The van der Waals surface area contributed by atoms with Crippen LogP contribution in [0.15, 0.2) is 0 Å². The van der Waals surface area contributed by atoms with Gasteiger partial charge >= 0.3 is 5.97 Å². The van der Waals surface area contributed by atoms with E-state index in [1.54, 1.807) is 6.92 Å². The number of carboxylic acids is 1. The van der Waals surface area contributed by atoms with Gasteiger partial charge in [-0.05, 0) is 6.42 Å². The largest absolute Gasteiger partial charge is 0.480 e. The summed E-state index contributed by atoms with van der Waals surface area (Å²) in [7, 11) is 1.49. The monoisotopic (exact) mass is 159 g/mol. The molecule has 0 aromatic heterocycles. The number of carbonyl (C=O) groups is 2. The Morgan fingerprint density at radius 2 is 2.00 bits per heavy atom. The minimum absolute atomic E-state index is 0.223. The van der Waals surface area contributed by atoms with Crippen molar-refractivity contribution in [2.75, 3.05) is 7.05 Å². The second-order valence-electron chi connectivity index (χ2n) is 2.39. The van der Waals surface area contributed by atoms with E-state index in [9.17, 15) is 9.59 Å². The summed E-state index contributed by atoms with van der Waals surface area (Å²) in [5.74, 6) is -1.18. The lowest BCUT2D eigenvalue weighted by atomic mass is 10.2. The van der Waals surface area contributed by atoms with Crippen LogP contribution >= 0.6 is 0 Å². The van der Waals surface area contributed by atoms with Crippen molar-refractivity contribution >= 4 is 11.9 Å². The summed E-state index contributed by atoms with van der Waals surface area (Å²) in [5.41, 5.74) is 0. The van der Waals surface area contributed by atoms with E-state index < -0.39 is 12.0 Å². The molecule has 0 aliphatic rings. The Labute approximate surface area is 65.8 Å². The molecule has 0 bridgehead atoms. The summed E-state index contributed by atoms with van der Waals surface area (Å²) in [6, 6.07) is -0.688. The molecule has 0 heterocycles. The first-order chi connectivity index (χ1) is 5.00. The predicted molar refractivity (Wildman–Crippen MR) is 40.2 cm³/mol. The van der Waals surface area contributed by atoms with Crippen molar-refractivity contribution in [2.45, 2.75) is 26.3 Å². The predicted octanol–water partition coefficient (Wildman–Crippen LogP) is 0.328. The third-order valence-corrected chi connectivity index (χ3v) is 1.64. The van der Waals surface area contributed by atoms with Crippen molar-refractivity contribution in [2.24, 2.45) is 0 Å². The van der Waals surface area contributed by atoms with E-state index in [1.807, 2.05) is 0 Å². The molecule has 0 aromatic carbocycles. The Morgan fingerprint density at radius 3 is 2.09 bits per heavy atom. The summed E-state index contributed by atoms with van der Waals surface area (Å²) in [5, 5.41) is 8.60. The molecule has 1 N–H and O–H groups in total. The molecule has 0 aliphatic carbocycles. The number of likely N-dealkylation sites (N-methyl/N-ethyl adjacent to an activating group) is 1. The van der Waals surface area contributed by atoms with Gasteiger partial charge in [0.1, 0.15) is 6.04 Å². The van der Waals surface area contributed by atoms with E-state index in [-0.39, 0.29) is 5.91 Å². The molecule has 11 heavy (non-hydrogen) atoms. The minimum Gasteiger partial charge on any atom is -0.480 e. The first-order valence-corrected chi connectivity index (χ1v) is 3.46. The van der Waals surface area contributed by atoms with Crippen LogP contribution in [0.2, 0.25) is 0 Å². The maximum absolute atomic E-state index is 10.7. The maximum Gasteiger partial charge on any atom is 0.326 e. The van der Waals surface area contributed by atoms with Crippen LogP contribution in [-0.2, 0) is 9.59 Å². The summed E-state index contributed by atoms with van der Waals surface area (Å²) in [6.07, 6.45) is 0.436. The average Bonchev–Trinajstić information content (AvgIpc) is 1.88. The van der Waals surface area contributed by atoms with Crippen LogP contribution < -0.4 is 0 Å². The number of rotatable bonds is 3. The normalized spacial score (nSPS) is 12.3. The molecule has 0 spiro atoms. The fourth-order valence-electron chi connectivity index (χ4n) is 0.834. The highest BCUT2D eigenvalue weighted by Crippen LogP contribution is 2.01. The molecule has 4 nitrogen and oxygen atoms in total. The van der Waals surface area contributed by atoms with E-state index >= 15 is 0 Å². The zero-order valence-electron chi connectivity index (χ0n) is 7.00. The molecule has 0 unspecified atom stereocenters. The fourth-order valence-corrected chi connectivity index (χ4v) is 0.834. The highest BCUT2D eigenvalue weighted by Gasteiger charge is 2.21. The smallest absolute Gasteiger partial charge is 0.326 e. The molecule has 0 rings (SSSR count). The van der Waals surface area contributed by atoms with Crippen molar-refractivity contribution in [1.29, 1.82) is 0 Å². The van der Waals surface area contributed by atoms with E-state index in [0.29, 0.717) is 6.42 Å². The lowest BCUT2D eigenvalue weighted by Crippen LogP contribution is -2.40. The number of aliphatic carboxylic acids is 1. The van der Waals surface area contributed by atoms with Crippen molar-refractivity contribution in [3.63, 3.8) is 0 Å². The van der Waals surface area contributed by atoms with Crippen LogP contribution in [0.1, 0.15) is 20.3 Å². The number of hydrogen-bond acceptors (Lipinski definition) is 2. The summed E-state index contributed by atoms with van der Waals surface area (Å²) in [6.45, 7) is 3.09. The molecular formula is C7H13NO3. The van der Waals surface area contributed by atoms with Crippen LogP contribution in [0.5, 0.6) is 0 Å². The topological polar surface area (TPSA) is 57.6 Å². The standard InChI is InChI=1S/C7H13NO3/c1-4-6(7(10)11)8(3)5(2)9/h6H,4H2,1-3H3,(H,10,11)/t6-/m1/s1. The van der Waals surface area contributed by atoms with Gasteiger partial charge in [0.25, 0.3) is 0 Å². The number of hydrogen-bond donors (Lipinski definition) is 1. The zero-order valence-corrected chi connectivity index (χ0v) is 7.00. The third kappa shape index (κ3) is 2.57. The maximum atomic E-state index is 10.7. The van der Waals surface area contributed by atoms with Crippen LogP contribution in [0.4, 0.5) is 0 Å². The van der Waals surface area contributed by atoms with Crippen molar-refractivity contribution in [1.82, 2.24) is 4.90 Å². The van der Waals surface area contributed by atoms with E-state index in [0.717, 1.165) is 0 Å². The number of amides is 1. The fraction of sp³-hybridized carbons (Fsp3) is 0.714. The highest BCUT2D eigenvalue weighted by molar-refractivity contribution is 5.81. The first-order valence-electron chi connectivity index (χ1n) is 3.46. The van der Waals surface area contributed by atoms with E-state index in [2.05, 4.69) is 0 Å². The minimum atomic E-state index is -0.954. The number of carbonyl (C=O) groups excluding carboxylic acids is 1. The molecule has 1 atom stereocenters. The van der Waals surface area contributed by atoms with Crippen LogP contribution in [0, 0.1) is 0 Å². The average molecular weight is 159 g/mol. The third-order valence-electron chi connectivity index (χ3n) is 1.64. The summed E-state index contributed by atoms with van der Waals surface area (Å²) in [4.78, 5) is 22.4. The summed E-state index contributed by atoms with van der Waals surface area (Å²) >= 11 is 0. The molecule has 0 radical (unpaired) electrons. The molecule has 0 fully saturated rings. The molecule has 1 amide bonds. The van der Waals surface area contributed by atoms with Gasteiger partial charge in [0.15, 0.2) is 0 Å². The molecule has 4 heteroatoms. The molecule has 0 aliphatic heterocycles. The molecule has 0 saturated carbocycles. The van der Waals surface area contributed by atoms with Gasteiger partial charge in [-0.15, -0.1) is 0 Å². The van der Waals surface area contributed by atoms with Crippen LogP contribution in [0.25, 0.3) is 0 Å². The first kappa shape index (κ1) is 9.94. The van der Waals surface area contributed by atoms with Gasteiger partial charge in [0.2, 0.25) is 5.91 Å². The van der Waals surface area contributed by atoms with Crippen molar-refractivity contribution < 1.29 is 14.7 Å². The van der Waals surface area contributed by atoms with Gasteiger partial charge in [0.05, 0.1) is 0 Å². The van der Waals surface area contributed by atoms with Crippen molar-refractivity contribution in [3.8, 4) is 0 Å². The van der Waals surface area contributed by atoms with E-state index in [4.69, 9.17) is 5.11 Å². The molecule has 64 valence electrons. The number of nitrogens with zero attached hydrogens (tertiary/aromatic N) is 1. The lowest BCUT2D eigenvalue weighted by molar-refractivity contribution is -0.148. The van der Waals surface area contributed by atoms with Crippen molar-refractivity contribution in [3.05, 3.63) is 0 Å². The zero-order chi connectivity index (χ0) is 9.02. The van der Waals surface area contributed by atoms with Gasteiger partial charge in [-0.25, -0.2) is 4.79 Å². The van der Waals surface area contributed by atoms with Crippen LogP contribution in [0.3, 0.4) is 0 Å². The van der Waals surface area contributed by atoms with Gasteiger partial charge in [-0.1, -0.05) is 6.92 Å². The second kappa shape index (κ2) is 3.95. The molecule has 0 saturated heterocycles. The van der Waals surface area contributed by atoms with Gasteiger partial charge < -0.3 is 10.0 Å². The number of carboxylic acid groups (broad SMARTS) is 1. The van der Waals surface area contributed by atoms with Gasteiger partial charge in [0, 0.05) is 14.0 Å². The quantitative estimate of drug-likeness (QED) is 0.645. The highest BCUT2D eigenvalue weighted by atomic mass is 16.4. The molecular weight excluding hydrogens is 146 g/mol. The Balaban J connectivity index is 4.25. The van der Waals surface area contributed by atoms with Gasteiger partial charge in [-0.2, -0.15) is 0 Å². The molecule has 0 aromatic rings. The second-order valence-corrected chi connectivity index (χ2v) is 2.39. The van der Waals surface area contributed by atoms with Gasteiger partial charge in [-0.3, -0.25) is 4.79 Å². The Kier molecular flexibility index (Phi) is 3.57. The summed E-state index contributed by atoms with van der Waals surface area (Å²) < 4.78 is 0. The Morgan fingerprint density at radius 1 is 1.55 bits per heavy atom. The van der Waals surface area contributed by atoms with Crippen LogP contribution in [-0.4, -0.2) is 35.0 Å².